The van der Waals surface area contributed by atoms with Gasteiger partial charge in [0.15, 0.2) is 0 Å². The second-order valence-corrected chi connectivity index (χ2v) is 9.53. The highest BCUT2D eigenvalue weighted by Crippen LogP contribution is 2.25. The first-order valence-electron chi connectivity index (χ1n) is 11.5. The van der Waals surface area contributed by atoms with E-state index in [1.165, 1.54) is 12.1 Å². The van der Waals surface area contributed by atoms with E-state index in [0.29, 0.717) is 48.5 Å². The van der Waals surface area contributed by atoms with Crippen LogP contribution in [0, 0.1) is 5.82 Å². The third-order valence-corrected chi connectivity index (χ3v) is 7.01. The summed E-state index contributed by atoms with van der Waals surface area (Å²) in [6, 6.07) is 20.6. The summed E-state index contributed by atoms with van der Waals surface area (Å²) < 4.78 is 16.2. The van der Waals surface area contributed by atoms with Gasteiger partial charge in [0, 0.05) is 36.2 Å². The van der Waals surface area contributed by atoms with E-state index in [9.17, 15) is 14.0 Å². The molecule has 1 amide bonds. The molecule has 1 saturated heterocycles. The van der Waals surface area contributed by atoms with Crippen LogP contribution >= 0.6 is 15.9 Å². The molecule has 1 aromatic heterocycles. The van der Waals surface area contributed by atoms with Crippen LogP contribution in [0.3, 0.4) is 0 Å². The van der Waals surface area contributed by atoms with Crippen molar-refractivity contribution in [1.29, 1.82) is 0 Å². The highest BCUT2D eigenvalue weighted by molar-refractivity contribution is 9.10. The van der Waals surface area contributed by atoms with E-state index in [-0.39, 0.29) is 17.5 Å². The average Bonchev–Trinajstić information content (AvgIpc) is 2.88. The maximum atomic E-state index is 13.6. The van der Waals surface area contributed by atoms with Crippen LogP contribution < -0.4 is 5.56 Å². The van der Waals surface area contributed by atoms with Gasteiger partial charge in [0.1, 0.15) is 11.6 Å². The van der Waals surface area contributed by atoms with E-state index < -0.39 is 5.82 Å². The molecule has 3 aromatic carbocycles. The number of fused-ring (bicyclic) bond motifs is 1. The molecule has 0 spiro atoms. The molecular weight excluding hydrogens is 511 g/mol. The smallest absolute Gasteiger partial charge is 0.266 e. The number of hydrogen-bond acceptors (Lipinski definition) is 4. The zero-order valence-corrected chi connectivity index (χ0v) is 20.8. The first kappa shape index (κ1) is 23.4. The normalized spacial score (nSPS) is 15.3. The predicted molar refractivity (Wildman–Crippen MR) is 137 cm³/mol. The van der Waals surface area contributed by atoms with Crippen LogP contribution in [0.1, 0.15) is 29.1 Å². The molecule has 1 aliphatic rings. The van der Waals surface area contributed by atoms with Crippen molar-refractivity contribution in [3.8, 4) is 5.69 Å². The highest BCUT2D eigenvalue weighted by Gasteiger charge is 2.28. The Morgan fingerprint density at radius 1 is 0.971 bits per heavy atom. The van der Waals surface area contributed by atoms with Crippen LogP contribution in [0.2, 0.25) is 0 Å². The van der Waals surface area contributed by atoms with Gasteiger partial charge in [-0.2, -0.15) is 0 Å². The number of nitrogens with zero attached hydrogens (tertiary/aromatic N) is 4. The summed E-state index contributed by atoms with van der Waals surface area (Å²) in [4.78, 5) is 35.3. The van der Waals surface area contributed by atoms with E-state index in [4.69, 9.17) is 4.98 Å². The molecule has 1 unspecified atom stereocenters. The first-order valence-corrected chi connectivity index (χ1v) is 12.3. The number of rotatable bonds is 4. The number of amides is 1. The van der Waals surface area contributed by atoms with Gasteiger partial charge in [-0.05, 0) is 61.5 Å². The molecule has 0 radical (unpaired) electrons. The lowest BCUT2D eigenvalue weighted by Gasteiger charge is -2.38. The van der Waals surface area contributed by atoms with Gasteiger partial charge in [-0.1, -0.05) is 34.1 Å². The van der Waals surface area contributed by atoms with Crippen molar-refractivity contribution in [3.05, 3.63) is 105 Å². The van der Waals surface area contributed by atoms with Crippen molar-refractivity contribution in [2.45, 2.75) is 13.0 Å². The predicted octanol–water partition coefficient (Wildman–Crippen LogP) is 4.81. The molecule has 6 nitrogen and oxygen atoms in total. The number of para-hydroxylation sites is 1. The molecule has 8 heteroatoms. The molecule has 0 bridgehead atoms. The summed E-state index contributed by atoms with van der Waals surface area (Å²) in [5, 5.41) is 0.567. The Balaban J connectivity index is 1.44. The minimum absolute atomic E-state index is 0.111. The monoisotopic (exact) mass is 534 g/mol. The Morgan fingerprint density at radius 2 is 1.69 bits per heavy atom. The number of piperazine rings is 1. The van der Waals surface area contributed by atoms with Crippen LogP contribution in [0.25, 0.3) is 16.6 Å². The van der Waals surface area contributed by atoms with E-state index in [0.717, 1.165) is 10.2 Å². The number of carbonyl (C=O) groups is 1. The molecule has 0 aliphatic carbocycles. The Bertz CT molecular complexity index is 1450. The van der Waals surface area contributed by atoms with Crippen LogP contribution in [0.5, 0.6) is 0 Å². The standard InChI is InChI=1S/C27H24BrFN4O2/c1-18(31-13-15-32(16-14-31)26(34)19-5-4-6-21(29)17-19)25-30-24-8-3-2-7-23(24)27(35)33(25)22-11-9-20(28)10-12-22/h2-12,17-18H,13-16H2,1H3. The molecule has 1 aliphatic heterocycles. The fourth-order valence-electron chi connectivity index (χ4n) is 4.55. The molecule has 35 heavy (non-hydrogen) atoms. The third kappa shape index (κ3) is 4.63. The second-order valence-electron chi connectivity index (χ2n) is 8.62. The lowest BCUT2D eigenvalue weighted by atomic mass is 10.1. The summed E-state index contributed by atoms with van der Waals surface area (Å²) in [6.45, 7) is 4.29. The molecule has 1 atom stereocenters. The van der Waals surface area contributed by atoms with Gasteiger partial charge < -0.3 is 4.90 Å². The van der Waals surface area contributed by atoms with Crippen molar-refractivity contribution in [1.82, 2.24) is 19.4 Å². The minimum Gasteiger partial charge on any atom is -0.336 e. The molecule has 5 rings (SSSR count). The fraction of sp³-hybridized carbons (Fsp3) is 0.222. The number of hydrogen-bond donors (Lipinski definition) is 0. The van der Waals surface area contributed by atoms with Gasteiger partial charge >= 0.3 is 0 Å². The van der Waals surface area contributed by atoms with E-state index in [2.05, 4.69) is 20.8 Å². The fourth-order valence-corrected chi connectivity index (χ4v) is 4.81. The maximum Gasteiger partial charge on any atom is 0.266 e. The van der Waals surface area contributed by atoms with Gasteiger partial charge in [0.05, 0.1) is 22.6 Å². The van der Waals surface area contributed by atoms with E-state index >= 15 is 0 Å². The third-order valence-electron chi connectivity index (χ3n) is 6.48. The minimum atomic E-state index is -0.420. The Hall–Kier alpha value is -3.36. The highest BCUT2D eigenvalue weighted by atomic mass is 79.9. The van der Waals surface area contributed by atoms with E-state index in [1.807, 2.05) is 49.4 Å². The molecule has 2 heterocycles. The van der Waals surface area contributed by atoms with Gasteiger partial charge in [0.2, 0.25) is 0 Å². The van der Waals surface area contributed by atoms with Crippen LogP contribution in [0.4, 0.5) is 4.39 Å². The average molecular weight is 535 g/mol. The summed E-state index contributed by atoms with van der Waals surface area (Å²) in [5.41, 5.74) is 1.65. The topological polar surface area (TPSA) is 58.4 Å². The number of carbonyl (C=O) groups excluding carboxylic acids is 1. The summed E-state index contributed by atoms with van der Waals surface area (Å²) in [7, 11) is 0. The van der Waals surface area contributed by atoms with Gasteiger partial charge in [-0.3, -0.25) is 19.1 Å². The number of halogens is 2. The Morgan fingerprint density at radius 3 is 2.40 bits per heavy atom. The number of benzene rings is 3. The van der Waals surface area contributed by atoms with E-state index in [1.54, 1.807) is 27.7 Å². The Labute approximate surface area is 210 Å². The molecule has 1 fully saturated rings. The summed E-state index contributed by atoms with van der Waals surface area (Å²) in [6.07, 6.45) is 0. The molecule has 0 saturated carbocycles. The lowest BCUT2D eigenvalue weighted by molar-refractivity contribution is 0.0573. The maximum absolute atomic E-state index is 13.6. The Kier molecular flexibility index (Phi) is 6.49. The molecule has 178 valence electrons. The summed E-state index contributed by atoms with van der Waals surface area (Å²) >= 11 is 3.46. The lowest BCUT2D eigenvalue weighted by Crippen LogP contribution is -2.50. The van der Waals surface area contributed by atoms with Gasteiger partial charge in [0.25, 0.3) is 11.5 Å². The largest absolute Gasteiger partial charge is 0.336 e. The van der Waals surface area contributed by atoms with Crippen molar-refractivity contribution in [2.75, 3.05) is 26.2 Å². The zero-order valence-electron chi connectivity index (χ0n) is 19.2. The van der Waals surface area contributed by atoms with Crippen LogP contribution in [-0.2, 0) is 0 Å². The molecule has 0 N–H and O–H groups in total. The molecule has 4 aromatic rings. The molecular formula is C27H24BrFN4O2. The van der Waals surface area contributed by atoms with Crippen molar-refractivity contribution < 1.29 is 9.18 Å². The SMILES string of the molecule is CC(c1nc2ccccc2c(=O)n1-c1ccc(Br)cc1)N1CCN(C(=O)c2cccc(F)c2)CC1. The van der Waals surface area contributed by atoms with Crippen molar-refractivity contribution in [2.24, 2.45) is 0 Å². The van der Waals surface area contributed by atoms with Gasteiger partial charge in [-0.25, -0.2) is 9.37 Å². The summed E-state index contributed by atoms with van der Waals surface area (Å²) in [5.74, 6) is 0.0599. The zero-order chi connectivity index (χ0) is 24.5. The van der Waals surface area contributed by atoms with Crippen molar-refractivity contribution in [3.63, 3.8) is 0 Å². The van der Waals surface area contributed by atoms with Crippen molar-refractivity contribution >= 4 is 32.7 Å². The van der Waals surface area contributed by atoms with Crippen LogP contribution in [-0.4, -0.2) is 51.4 Å². The number of aromatic nitrogens is 2. The second kappa shape index (κ2) is 9.71. The first-order chi connectivity index (χ1) is 16.9. The quantitative estimate of drug-likeness (QED) is 0.377. The van der Waals surface area contributed by atoms with Crippen LogP contribution in [0.15, 0.2) is 82.1 Å². The van der Waals surface area contributed by atoms with Gasteiger partial charge in [-0.15, -0.1) is 0 Å².